The molecule has 0 aromatic heterocycles. The number of hydroxylamine groups is 2. The molecule has 7 nitrogen and oxygen atoms in total. The number of carbonyl (C=O) groups excluding carboxylic acids is 2. The zero-order chi connectivity index (χ0) is 19.8. The lowest BCUT2D eigenvalue weighted by atomic mass is 9.96. The molecule has 2 bridgehead atoms. The minimum absolute atomic E-state index is 0.0341. The highest BCUT2D eigenvalue weighted by molar-refractivity contribution is 5.79. The summed E-state index contributed by atoms with van der Waals surface area (Å²) in [6.07, 6.45) is -1.05. The zero-order valence-corrected chi connectivity index (χ0v) is 15.9. The van der Waals surface area contributed by atoms with Gasteiger partial charge in [0.15, 0.2) is 0 Å². The first-order valence-electron chi connectivity index (χ1n) is 8.78. The van der Waals surface area contributed by atoms with Crippen LogP contribution in [0, 0.1) is 11.8 Å². The van der Waals surface area contributed by atoms with E-state index in [1.165, 1.54) is 4.90 Å². The molecule has 0 aliphatic carbocycles. The first-order valence-corrected chi connectivity index (χ1v) is 8.78. The van der Waals surface area contributed by atoms with Crippen LogP contribution in [0.15, 0.2) is 23.9 Å². The van der Waals surface area contributed by atoms with Gasteiger partial charge in [-0.1, -0.05) is 40.3 Å². The van der Waals surface area contributed by atoms with E-state index in [0.29, 0.717) is 12.2 Å². The second-order valence-electron chi connectivity index (χ2n) is 7.53. The smallest absolute Gasteiger partial charge is 0.371 e. The fourth-order valence-electron chi connectivity index (χ4n) is 3.59. The number of hydrogen-bond acceptors (Lipinski definition) is 5. The van der Waals surface area contributed by atoms with Crippen LogP contribution in [0.3, 0.4) is 0 Å². The van der Waals surface area contributed by atoms with Crippen LogP contribution in [0.2, 0.25) is 0 Å². The summed E-state index contributed by atoms with van der Waals surface area (Å²) >= 11 is 0. The van der Waals surface area contributed by atoms with E-state index in [-0.39, 0.29) is 11.8 Å². The number of amides is 2. The Morgan fingerprint density at radius 3 is 2.42 bits per heavy atom. The van der Waals surface area contributed by atoms with E-state index in [0.717, 1.165) is 10.6 Å². The number of halogens is 1. The van der Waals surface area contributed by atoms with Crippen molar-refractivity contribution in [2.24, 2.45) is 17.6 Å². The van der Waals surface area contributed by atoms with Gasteiger partial charge in [0.2, 0.25) is 0 Å². The lowest BCUT2D eigenvalue weighted by molar-refractivity contribution is -0.228. The summed E-state index contributed by atoms with van der Waals surface area (Å²) in [5.41, 5.74) is 6.92. The number of fused-ring (bicyclic) bond motifs is 2. The number of rotatable bonds is 7. The number of nitrogens with zero attached hydrogens (tertiary/aromatic N) is 2. The van der Waals surface area contributed by atoms with E-state index in [1.807, 2.05) is 34.6 Å². The maximum Gasteiger partial charge on any atom is 0.371 e. The van der Waals surface area contributed by atoms with Gasteiger partial charge in [-0.3, -0.25) is 0 Å². The fraction of sp³-hybridized carbons (Fsp3) is 0.667. The average Bonchev–Trinajstić information content (AvgIpc) is 2.76. The molecule has 146 valence electrons. The van der Waals surface area contributed by atoms with Crippen molar-refractivity contribution in [1.29, 1.82) is 0 Å². The fourth-order valence-corrected chi connectivity index (χ4v) is 3.59. The molecule has 3 atom stereocenters. The van der Waals surface area contributed by atoms with Crippen LogP contribution < -0.4 is 5.73 Å². The Morgan fingerprint density at radius 2 is 1.92 bits per heavy atom. The first-order chi connectivity index (χ1) is 12.0. The molecule has 2 amide bonds. The predicted octanol–water partition coefficient (Wildman–Crippen LogP) is 2.34. The molecule has 8 heteroatoms. The van der Waals surface area contributed by atoms with E-state index in [1.54, 1.807) is 6.08 Å². The largest absolute Gasteiger partial charge is 0.458 e. The monoisotopic (exact) mass is 369 g/mol. The summed E-state index contributed by atoms with van der Waals surface area (Å²) in [6, 6.07) is -1.50. The van der Waals surface area contributed by atoms with Gasteiger partial charge >= 0.3 is 18.4 Å². The molecule has 0 spiro atoms. The molecule has 2 rings (SSSR count). The molecule has 0 saturated carbocycles. The summed E-state index contributed by atoms with van der Waals surface area (Å²) in [5.74, 6) is -1.07. The normalized spacial score (nSPS) is 23.7. The molecule has 2 N–H and O–H groups in total. The minimum atomic E-state index is -2.38. The standard InChI is InChI=1S/C18H28FN3O4/c1-9(2)15(10(3)4)25-17(23)16(19)26-22-13-7-11(5)14(12(6)20)21(8-13)18(22)24/h7,9-10,13-16H,6,8,20H2,1-5H3/t13?,14-,16+/m0/s1. The van der Waals surface area contributed by atoms with Crippen molar-refractivity contribution in [2.45, 2.75) is 59.2 Å². The van der Waals surface area contributed by atoms with Crippen LogP contribution in [0.25, 0.3) is 0 Å². The molecule has 0 aromatic rings. The Kier molecular flexibility index (Phi) is 5.95. The van der Waals surface area contributed by atoms with Crippen molar-refractivity contribution in [2.75, 3.05) is 6.54 Å². The third kappa shape index (κ3) is 3.85. The van der Waals surface area contributed by atoms with Gasteiger partial charge in [-0.05, 0) is 24.3 Å². The van der Waals surface area contributed by atoms with Crippen molar-refractivity contribution in [3.05, 3.63) is 23.9 Å². The average molecular weight is 369 g/mol. The van der Waals surface area contributed by atoms with Crippen LogP contribution in [-0.4, -0.2) is 53.1 Å². The summed E-state index contributed by atoms with van der Waals surface area (Å²) < 4.78 is 19.6. The molecule has 2 heterocycles. The number of urea groups is 1. The van der Waals surface area contributed by atoms with Crippen molar-refractivity contribution in [1.82, 2.24) is 9.96 Å². The maximum absolute atomic E-state index is 14.3. The van der Waals surface area contributed by atoms with Gasteiger partial charge in [0, 0.05) is 5.70 Å². The number of nitrogens with two attached hydrogens (primary N) is 1. The van der Waals surface area contributed by atoms with E-state index < -0.39 is 36.5 Å². The molecule has 0 radical (unpaired) electrons. The molecule has 1 saturated heterocycles. The maximum atomic E-state index is 14.3. The number of ether oxygens (including phenoxy) is 1. The van der Waals surface area contributed by atoms with E-state index in [4.69, 9.17) is 15.3 Å². The van der Waals surface area contributed by atoms with Crippen LogP contribution in [0.5, 0.6) is 0 Å². The van der Waals surface area contributed by atoms with E-state index >= 15 is 0 Å². The zero-order valence-electron chi connectivity index (χ0n) is 15.9. The minimum Gasteiger partial charge on any atom is -0.458 e. The number of esters is 1. The second kappa shape index (κ2) is 7.65. The molecular weight excluding hydrogens is 341 g/mol. The molecule has 1 unspecified atom stereocenters. The predicted molar refractivity (Wildman–Crippen MR) is 94.1 cm³/mol. The van der Waals surface area contributed by atoms with Crippen LogP contribution in [0.1, 0.15) is 34.6 Å². The second-order valence-corrected chi connectivity index (χ2v) is 7.53. The van der Waals surface area contributed by atoms with Gasteiger partial charge in [0.05, 0.1) is 18.6 Å². The molecule has 0 aromatic carbocycles. The Labute approximate surface area is 153 Å². The molecule has 26 heavy (non-hydrogen) atoms. The van der Waals surface area contributed by atoms with E-state index in [2.05, 4.69) is 6.58 Å². The lowest BCUT2D eigenvalue weighted by Crippen LogP contribution is -2.43. The summed E-state index contributed by atoms with van der Waals surface area (Å²) in [4.78, 5) is 31.1. The van der Waals surface area contributed by atoms with Crippen molar-refractivity contribution >= 4 is 12.0 Å². The molecule has 1 fully saturated rings. The molecule has 2 aliphatic rings. The Balaban J connectivity index is 2.06. The van der Waals surface area contributed by atoms with Crippen molar-refractivity contribution in [3.8, 4) is 0 Å². The van der Waals surface area contributed by atoms with Gasteiger partial charge in [-0.2, -0.15) is 5.06 Å². The Hall–Kier alpha value is -2.09. The number of hydrogen-bond donors (Lipinski definition) is 1. The lowest BCUT2D eigenvalue weighted by Gasteiger charge is -2.30. The Morgan fingerprint density at radius 1 is 1.35 bits per heavy atom. The third-order valence-corrected chi connectivity index (χ3v) is 4.63. The highest BCUT2D eigenvalue weighted by Crippen LogP contribution is 2.32. The Bertz CT molecular complexity index is 612. The topological polar surface area (TPSA) is 85.1 Å². The van der Waals surface area contributed by atoms with Gasteiger partial charge < -0.3 is 15.4 Å². The summed E-state index contributed by atoms with van der Waals surface area (Å²) in [5, 5.41) is 0.873. The SMILES string of the molecule is C=C(N)[C@@H]1C(C)=CC2CN1C(=O)N2O[C@@H](F)C(=O)OC(C(C)C)C(C)C. The van der Waals surface area contributed by atoms with Crippen molar-refractivity contribution in [3.63, 3.8) is 0 Å². The number of carbonyl (C=O) groups is 2. The number of alkyl halides is 1. The van der Waals surface area contributed by atoms with Crippen LogP contribution in [0.4, 0.5) is 9.18 Å². The van der Waals surface area contributed by atoms with Gasteiger partial charge in [0.1, 0.15) is 6.10 Å². The van der Waals surface area contributed by atoms with Crippen LogP contribution in [-0.2, 0) is 14.4 Å². The first kappa shape index (κ1) is 20.2. The highest BCUT2D eigenvalue weighted by Gasteiger charge is 2.47. The summed E-state index contributed by atoms with van der Waals surface area (Å²) in [7, 11) is 0. The van der Waals surface area contributed by atoms with Crippen molar-refractivity contribution < 1.29 is 23.6 Å². The van der Waals surface area contributed by atoms with E-state index in [9.17, 15) is 14.0 Å². The van der Waals surface area contributed by atoms with Gasteiger partial charge in [0.25, 0.3) is 0 Å². The quantitative estimate of drug-likeness (QED) is 0.550. The van der Waals surface area contributed by atoms with Crippen LogP contribution >= 0.6 is 0 Å². The third-order valence-electron chi connectivity index (χ3n) is 4.63. The molecule has 2 aliphatic heterocycles. The molecular formula is C18H28FN3O4. The van der Waals surface area contributed by atoms with Gasteiger partial charge in [-0.25, -0.2) is 18.8 Å². The highest BCUT2D eigenvalue weighted by atomic mass is 19.1. The van der Waals surface area contributed by atoms with Gasteiger partial charge in [-0.15, -0.1) is 0 Å². The summed E-state index contributed by atoms with van der Waals surface area (Å²) in [6.45, 7) is 13.4.